The second-order valence-electron chi connectivity index (χ2n) is 3.22. The summed E-state index contributed by atoms with van der Waals surface area (Å²) in [5.74, 6) is 1.19. The van der Waals surface area contributed by atoms with E-state index in [-0.39, 0.29) is 5.60 Å². The molecule has 0 aromatic carbocycles. The molecule has 0 amide bonds. The van der Waals surface area contributed by atoms with Crippen LogP contribution >= 0.6 is 0 Å². The Balaban J connectivity index is 2.54. The highest BCUT2D eigenvalue weighted by Crippen LogP contribution is 2.34. The van der Waals surface area contributed by atoms with Gasteiger partial charge in [-0.15, -0.1) is 0 Å². The van der Waals surface area contributed by atoms with Gasteiger partial charge in [0.2, 0.25) is 0 Å². The molecule has 1 heterocycles. The van der Waals surface area contributed by atoms with Gasteiger partial charge < -0.3 is 4.74 Å². The minimum absolute atomic E-state index is 0.158. The molecule has 0 atom stereocenters. The van der Waals surface area contributed by atoms with Gasteiger partial charge in [-0.2, -0.15) is 0 Å². The fourth-order valence-corrected chi connectivity index (χ4v) is 1.56. The average Bonchev–Trinajstić information content (AvgIpc) is 2.49. The van der Waals surface area contributed by atoms with Crippen LogP contribution < -0.4 is 0 Å². The fraction of sp³-hybridized carbons (Fsp3) is 0.800. The fourth-order valence-electron chi connectivity index (χ4n) is 1.56. The van der Waals surface area contributed by atoms with Gasteiger partial charge in [0.25, 0.3) is 0 Å². The molecular weight excluding hydrogens is 136 g/mol. The van der Waals surface area contributed by atoms with Gasteiger partial charge in [-0.1, -0.05) is 20.8 Å². The number of rotatable bonds is 3. The van der Waals surface area contributed by atoms with Gasteiger partial charge in [0, 0.05) is 12.8 Å². The standard InChI is InChI=1S/C10H18O/c1-4-9-7-8-10(5-2,6-3)11-9/h7H,4-6,8H2,1-3H3. The highest BCUT2D eigenvalue weighted by Gasteiger charge is 2.31. The molecule has 0 fully saturated rings. The summed E-state index contributed by atoms with van der Waals surface area (Å²) in [7, 11) is 0. The summed E-state index contributed by atoms with van der Waals surface area (Å²) in [5.41, 5.74) is 0.158. The molecule has 1 aliphatic rings. The van der Waals surface area contributed by atoms with Crippen molar-refractivity contribution in [3.05, 3.63) is 11.8 Å². The second-order valence-corrected chi connectivity index (χ2v) is 3.22. The topological polar surface area (TPSA) is 9.23 Å². The number of hydrogen-bond donors (Lipinski definition) is 0. The van der Waals surface area contributed by atoms with Crippen molar-refractivity contribution in [1.82, 2.24) is 0 Å². The van der Waals surface area contributed by atoms with Crippen molar-refractivity contribution in [3.63, 3.8) is 0 Å². The Labute approximate surface area is 69.4 Å². The summed E-state index contributed by atoms with van der Waals surface area (Å²) in [6.45, 7) is 6.55. The molecule has 0 radical (unpaired) electrons. The van der Waals surface area contributed by atoms with E-state index >= 15 is 0 Å². The Hall–Kier alpha value is -0.460. The maximum atomic E-state index is 5.86. The van der Waals surface area contributed by atoms with Gasteiger partial charge in [0.05, 0.1) is 5.76 Å². The van der Waals surface area contributed by atoms with Crippen molar-refractivity contribution in [1.29, 1.82) is 0 Å². The third-order valence-corrected chi connectivity index (χ3v) is 2.69. The van der Waals surface area contributed by atoms with Crippen molar-refractivity contribution in [2.45, 2.75) is 52.1 Å². The molecule has 0 aromatic rings. The van der Waals surface area contributed by atoms with E-state index in [0.29, 0.717) is 0 Å². The van der Waals surface area contributed by atoms with Crippen molar-refractivity contribution < 1.29 is 4.74 Å². The zero-order valence-electron chi connectivity index (χ0n) is 7.81. The van der Waals surface area contributed by atoms with Crippen LogP contribution in [0.25, 0.3) is 0 Å². The van der Waals surface area contributed by atoms with E-state index < -0.39 is 0 Å². The molecule has 64 valence electrons. The lowest BCUT2D eigenvalue weighted by atomic mass is 9.95. The third-order valence-electron chi connectivity index (χ3n) is 2.69. The molecule has 1 heteroatoms. The van der Waals surface area contributed by atoms with Crippen LogP contribution in [0, 0.1) is 0 Å². The van der Waals surface area contributed by atoms with E-state index in [1.54, 1.807) is 0 Å². The SMILES string of the molecule is CCC1=CCC(CC)(CC)O1. The highest BCUT2D eigenvalue weighted by molar-refractivity contribution is 5.06. The predicted octanol–water partition coefficient (Wildman–Crippen LogP) is 3.26. The van der Waals surface area contributed by atoms with E-state index in [9.17, 15) is 0 Å². The van der Waals surface area contributed by atoms with E-state index in [0.717, 1.165) is 25.7 Å². The summed E-state index contributed by atoms with van der Waals surface area (Å²) in [6, 6.07) is 0. The van der Waals surface area contributed by atoms with Gasteiger partial charge >= 0.3 is 0 Å². The first-order valence-corrected chi connectivity index (χ1v) is 4.64. The Bertz CT molecular complexity index is 154. The zero-order valence-corrected chi connectivity index (χ0v) is 7.81. The van der Waals surface area contributed by atoms with Crippen molar-refractivity contribution in [2.75, 3.05) is 0 Å². The Morgan fingerprint density at radius 1 is 1.36 bits per heavy atom. The quantitative estimate of drug-likeness (QED) is 0.606. The molecule has 0 unspecified atom stereocenters. The summed E-state index contributed by atoms with van der Waals surface area (Å²) in [4.78, 5) is 0. The van der Waals surface area contributed by atoms with Crippen LogP contribution in [0.2, 0.25) is 0 Å². The molecule has 0 N–H and O–H groups in total. The van der Waals surface area contributed by atoms with Crippen molar-refractivity contribution in [2.24, 2.45) is 0 Å². The molecule has 0 aromatic heterocycles. The molecule has 1 rings (SSSR count). The molecule has 1 aliphatic heterocycles. The minimum atomic E-state index is 0.158. The molecule has 0 saturated heterocycles. The van der Waals surface area contributed by atoms with Gasteiger partial charge in [0.15, 0.2) is 0 Å². The van der Waals surface area contributed by atoms with Gasteiger partial charge in [-0.05, 0) is 18.9 Å². The monoisotopic (exact) mass is 154 g/mol. The molecule has 0 bridgehead atoms. The van der Waals surface area contributed by atoms with Crippen LogP contribution in [-0.4, -0.2) is 5.60 Å². The van der Waals surface area contributed by atoms with Gasteiger partial charge in [-0.3, -0.25) is 0 Å². The third kappa shape index (κ3) is 1.58. The summed E-state index contributed by atoms with van der Waals surface area (Å²) >= 11 is 0. The Kier molecular flexibility index (Phi) is 2.58. The predicted molar refractivity (Wildman–Crippen MR) is 47.4 cm³/mol. The van der Waals surface area contributed by atoms with Crippen LogP contribution in [0.3, 0.4) is 0 Å². The van der Waals surface area contributed by atoms with Crippen molar-refractivity contribution in [3.8, 4) is 0 Å². The molecule has 11 heavy (non-hydrogen) atoms. The molecule has 1 nitrogen and oxygen atoms in total. The molecular formula is C10H18O. The Morgan fingerprint density at radius 2 is 2.00 bits per heavy atom. The van der Waals surface area contributed by atoms with Crippen LogP contribution in [-0.2, 0) is 4.74 Å². The molecule has 0 spiro atoms. The number of allylic oxidation sites excluding steroid dienone is 1. The van der Waals surface area contributed by atoms with E-state index in [4.69, 9.17) is 4.74 Å². The smallest absolute Gasteiger partial charge is 0.112 e. The maximum absolute atomic E-state index is 5.86. The average molecular weight is 154 g/mol. The molecule has 0 aliphatic carbocycles. The van der Waals surface area contributed by atoms with E-state index in [1.807, 2.05) is 0 Å². The van der Waals surface area contributed by atoms with Crippen LogP contribution in [0.1, 0.15) is 46.5 Å². The van der Waals surface area contributed by atoms with Crippen LogP contribution in [0.4, 0.5) is 0 Å². The lowest BCUT2D eigenvalue weighted by Gasteiger charge is -2.27. The first-order chi connectivity index (χ1) is 5.26. The Morgan fingerprint density at radius 3 is 2.27 bits per heavy atom. The van der Waals surface area contributed by atoms with Crippen molar-refractivity contribution >= 4 is 0 Å². The lowest BCUT2D eigenvalue weighted by Crippen LogP contribution is -2.25. The number of hydrogen-bond acceptors (Lipinski definition) is 1. The van der Waals surface area contributed by atoms with Gasteiger partial charge in [-0.25, -0.2) is 0 Å². The van der Waals surface area contributed by atoms with Gasteiger partial charge in [0.1, 0.15) is 5.60 Å². The van der Waals surface area contributed by atoms with E-state index in [1.165, 1.54) is 5.76 Å². The summed E-state index contributed by atoms with van der Waals surface area (Å²) in [6.07, 6.45) is 6.66. The van der Waals surface area contributed by atoms with E-state index in [2.05, 4.69) is 26.8 Å². The summed E-state index contributed by atoms with van der Waals surface area (Å²) in [5, 5.41) is 0. The highest BCUT2D eigenvalue weighted by atomic mass is 16.5. The normalized spacial score (nSPS) is 21.2. The maximum Gasteiger partial charge on any atom is 0.112 e. The second kappa shape index (κ2) is 3.29. The lowest BCUT2D eigenvalue weighted by molar-refractivity contribution is 0.0159. The zero-order chi connectivity index (χ0) is 8.32. The molecule has 0 saturated carbocycles. The summed E-state index contributed by atoms with van der Waals surface area (Å²) < 4.78 is 5.86. The van der Waals surface area contributed by atoms with Crippen LogP contribution in [0.15, 0.2) is 11.8 Å². The minimum Gasteiger partial charge on any atom is -0.492 e. The first kappa shape index (κ1) is 8.63. The van der Waals surface area contributed by atoms with Crippen LogP contribution in [0.5, 0.6) is 0 Å². The largest absolute Gasteiger partial charge is 0.492 e. The number of ether oxygens (including phenoxy) is 1. The first-order valence-electron chi connectivity index (χ1n) is 4.64.